The van der Waals surface area contributed by atoms with Gasteiger partial charge in [-0.2, -0.15) is 0 Å². The zero-order valence-electron chi connectivity index (χ0n) is 12.4. The van der Waals surface area contributed by atoms with E-state index in [1.54, 1.807) is 37.3 Å². The number of amides is 1. The predicted molar refractivity (Wildman–Crippen MR) is 78.0 cm³/mol. The summed E-state index contributed by atoms with van der Waals surface area (Å²) in [5, 5.41) is 12.3. The Morgan fingerprint density at radius 2 is 2.00 bits per heavy atom. The first kappa shape index (κ1) is 16.4. The number of benzene rings is 1. The molecule has 0 radical (unpaired) electrons. The minimum absolute atomic E-state index is 0.0558. The van der Waals surface area contributed by atoms with Gasteiger partial charge in [-0.05, 0) is 25.5 Å². The Bertz CT molecular complexity index is 522. The van der Waals surface area contributed by atoms with Crippen molar-refractivity contribution in [3.8, 4) is 0 Å². The molecule has 2 N–H and O–H groups in total. The molecule has 1 saturated carbocycles. The maximum atomic E-state index is 13.7. The summed E-state index contributed by atoms with van der Waals surface area (Å²) in [5.41, 5.74) is 0.437. The lowest BCUT2D eigenvalue weighted by atomic mass is 9.81. The van der Waals surface area contributed by atoms with Crippen LogP contribution in [-0.4, -0.2) is 41.9 Å². The Balaban J connectivity index is 2.10. The largest absolute Gasteiger partial charge is 0.466 e. The van der Waals surface area contributed by atoms with Crippen LogP contribution in [0.25, 0.3) is 0 Å². The Morgan fingerprint density at radius 1 is 1.32 bits per heavy atom. The summed E-state index contributed by atoms with van der Waals surface area (Å²) in [7, 11) is 0. The molecule has 1 fully saturated rings. The molecule has 1 amide bonds. The first-order valence-corrected chi connectivity index (χ1v) is 7.37. The molecule has 0 aliphatic heterocycles. The van der Waals surface area contributed by atoms with Crippen molar-refractivity contribution in [1.29, 1.82) is 0 Å². The number of hydrogen-bond donors (Lipinski definition) is 2. The van der Waals surface area contributed by atoms with Crippen molar-refractivity contribution in [2.24, 2.45) is 5.92 Å². The number of rotatable bonds is 4. The number of ether oxygens (including phenoxy) is 1. The van der Waals surface area contributed by atoms with Gasteiger partial charge in [0.2, 0.25) is 0 Å². The minimum atomic E-state index is -1.47. The molecule has 2 rings (SSSR count). The van der Waals surface area contributed by atoms with E-state index in [1.165, 1.54) is 0 Å². The van der Waals surface area contributed by atoms with Crippen LogP contribution in [0.3, 0.4) is 0 Å². The highest BCUT2D eigenvalue weighted by Crippen LogP contribution is 2.28. The number of hydrogen-bond acceptors (Lipinski definition) is 4. The monoisotopic (exact) mass is 309 g/mol. The third-order valence-electron chi connectivity index (χ3n) is 3.82. The first-order valence-electron chi connectivity index (χ1n) is 7.37. The summed E-state index contributed by atoms with van der Waals surface area (Å²) >= 11 is 0. The van der Waals surface area contributed by atoms with Crippen molar-refractivity contribution < 1.29 is 23.8 Å². The lowest BCUT2D eigenvalue weighted by molar-refractivity contribution is -0.152. The van der Waals surface area contributed by atoms with E-state index in [9.17, 15) is 19.1 Å². The minimum Gasteiger partial charge on any atom is -0.466 e. The number of carbonyl (C=O) groups is 2. The standard InChI is InChI=1S/C16H20FNO4/c1-2-22-16(21)11-8-14(19)12(17)9-13(11)18-15(20)10-6-4-3-5-7-10/h3-7,11-14,19H,2,8-9H2,1H3,(H,18,20)/t11-,12-,13-,14-/m1/s1. The molecule has 0 spiro atoms. The van der Waals surface area contributed by atoms with Crippen LogP contribution in [-0.2, 0) is 9.53 Å². The summed E-state index contributed by atoms with van der Waals surface area (Å²) in [5.74, 6) is -1.63. The van der Waals surface area contributed by atoms with Gasteiger partial charge < -0.3 is 15.2 Å². The maximum absolute atomic E-state index is 13.7. The van der Waals surface area contributed by atoms with Crippen LogP contribution in [0.2, 0.25) is 0 Å². The second kappa shape index (κ2) is 7.35. The van der Waals surface area contributed by atoms with Gasteiger partial charge in [-0.15, -0.1) is 0 Å². The van der Waals surface area contributed by atoms with Gasteiger partial charge in [-0.1, -0.05) is 18.2 Å². The molecule has 0 aromatic heterocycles. The summed E-state index contributed by atoms with van der Waals surface area (Å²) in [6.45, 7) is 1.87. The quantitative estimate of drug-likeness (QED) is 0.826. The molecular formula is C16H20FNO4. The number of esters is 1. The Labute approximate surface area is 128 Å². The molecule has 0 unspecified atom stereocenters. The van der Waals surface area contributed by atoms with Crippen LogP contribution < -0.4 is 5.32 Å². The second-order valence-corrected chi connectivity index (χ2v) is 5.36. The number of nitrogens with one attached hydrogen (secondary N) is 1. The Morgan fingerprint density at radius 3 is 2.64 bits per heavy atom. The lowest BCUT2D eigenvalue weighted by Gasteiger charge is -2.35. The Kier molecular flexibility index (Phi) is 5.49. The van der Waals surface area contributed by atoms with Gasteiger partial charge in [-0.3, -0.25) is 9.59 Å². The average Bonchev–Trinajstić information content (AvgIpc) is 2.51. The number of carbonyl (C=O) groups excluding carboxylic acids is 2. The topological polar surface area (TPSA) is 75.6 Å². The highest BCUT2D eigenvalue weighted by Gasteiger charge is 2.41. The molecule has 5 nitrogen and oxygen atoms in total. The van der Waals surface area contributed by atoms with Crippen LogP contribution in [0, 0.1) is 5.92 Å². The molecular weight excluding hydrogens is 289 g/mol. The predicted octanol–water partition coefficient (Wildman–Crippen LogP) is 1.46. The van der Waals surface area contributed by atoms with Gasteiger partial charge in [-0.25, -0.2) is 4.39 Å². The first-order chi connectivity index (χ1) is 10.5. The van der Waals surface area contributed by atoms with E-state index in [2.05, 4.69) is 5.32 Å². The zero-order valence-corrected chi connectivity index (χ0v) is 12.4. The molecule has 0 saturated heterocycles. The summed E-state index contributed by atoms with van der Waals surface area (Å²) in [4.78, 5) is 24.2. The highest BCUT2D eigenvalue weighted by molar-refractivity contribution is 5.94. The van der Waals surface area contributed by atoms with Gasteiger partial charge in [0.05, 0.1) is 18.6 Å². The van der Waals surface area contributed by atoms with E-state index in [4.69, 9.17) is 4.74 Å². The van der Waals surface area contributed by atoms with Crippen molar-refractivity contribution in [2.75, 3.05) is 6.61 Å². The van der Waals surface area contributed by atoms with Crippen LogP contribution in [0.1, 0.15) is 30.1 Å². The summed E-state index contributed by atoms with van der Waals surface area (Å²) in [6, 6.07) is 7.82. The van der Waals surface area contributed by atoms with Crippen LogP contribution in [0.5, 0.6) is 0 Å². The third kappa shape index (κ3) is 3.82. The van der Waals surface area contributed by atoms with E-state index >= 15 is 0 Å². The molecule has 120 valence electrons. The molecule has 0 bridgehead atoms. The van der Waals surface area contributed by atoms with Gasteiger partial charge in [0.1, 0.15) is 6.17 Å². The SMILES string of the molecule is CCOC(=O)[C@@H]1C[C@@H](O)[C@H](F)C[C@H]1NC(=O)c1ccccc1. The summed E-state index contributed by atoms with van der Waals surface area (Å²) in [6.07, 6.45) is -2.84. The molecule has 4 atom stereocenters. The van der Waals surface area contributed by atoms with E-state index in [0.29, 0.717) is 5.56 Å². The van der Waals surface area contributed by atoms with Crippen molar-refractivity contribution in [2.45, 2.75) is 38.1 Å². The van der Waals surface area contributed by atoms with Crippen LogP contribution >= 0.6 is 0 Å². The smallest absolute Gasteiger partial charge is 0.311 e. The normalized spacial score (nSPS) is 28.0. The Hall–Kier alpha value is -1.95. The van der Waals surface area contributed by atoms with E-state index in [-0.39, 0.29) is 25.4 Å². The molecule has 6 heteroatoms. The van der Waals surface area contributed by atoms with E-state index < -0.39 is 30.2 Å². The van der Waals surface area contributed by atoms with Crippen molar-refractivity contribution in [3.63, 3.8) is 0 Å². The van der Waals surface area contributed by atoms with Crippen LogP contribution in [0.15, 0.2) is 30.3 Å². The van der Waals surface area contributed by atoms with E-state index in [0.717, 1.165) is 0 Å². The fourth-order valence-corrected chi connectivity index (χ4v) is 2.65. The van der Waals surface area contributed by atoms with Gasteiger partial charge in [0.25, 0.3) is 5.91 Å². The third-order valence-corrected chi connectivity index (χ3v) is 3.82. The average molecular weight is 309 g/mol. The molecule has 0 heterocycles. The molecule has 1 aliphatic carbocycles. The second-order valence-electron chi connectivity index (χ2n) is 5.36. The number of alkyl halides is 1. The molecule has 1 aromatic carbocycles. The van der Waals surface area contributed by atoms with Gasteiger partial charge in [0, 0.05) is 18.0 Å². The van der Waals surface area contributed by atoms with Crippen LogP contribution in [0.4, 0.5) is 4.39 Å². The number of aliphatic hydroxyl groups excluding tert-OH is 1. The van der Waals surface area contributed by atoms with Crippen molar-refractivity contribution in [1.82, 2.24) is 5.32 Å². The maximum Gasteiger partial charge on any atom is 0.311 e. The fraction of sp³-hybridized carbons (Fsp3) is 0.500. The number of aliphatic hydroxyl groups is 1. The van der Waals surface area contributed by atoms with Gasteiger partial charge >= 0.3 is 5.97 Å². The lowest BCUT2D eigenvalue weighted by Crippen LogP contribution is -2.51. The van der Waals surface area contributed by atoms with Gasteiger partial charge in [0.15, 0.2) is 0 Å². The molecule has 1 aliphatic rings. The molecule has 22 heavy (non-hydrogen) atoms. The zero-order chi connectivity index (χ0) is 16.1. The van der Waals surface area contributed by atoms with Crippen molar-refractivity contribution in [3.05, 3.63) is 35.9 Å². The van der Waals surface area contributed by atoms with E-state index in [1.807, 2.05) is 0 Å². The van der Waals surface area contributed by atoms with Crippen molar-refractivity contribution >= 4 is 11.9 Å². The summed E-state index contributed by atoms with van der Waals surface area (Å²) < 4.78 is 18.7. The highest BCUT2D eigenvalue weighted by atomic mass is 19.1. The fourth-order valence-electron chi connectivity index (χ4n) is 2.65. The number of halogens is 1. The molecule has 1 aromatic rings.